The molecule has 0 aliphatic heterocycles. The lowest BCUT2D eigenvalue weighted by Crippen LogP contribution is -2.26. The SMILES string of the molecule is Cc1cc(OCC(O)CNc2ccccc2)ccc1Cl. The van der Waals surface area contributed by atoms with Crippen LogP contribution in [0.25, 0.3) is 0 Å². The average molecular weight is 292 g/mol. The Morgan fingerprint density at radius 2 is 1.95 bits per heavy atom. The number of ether oxygens (including phenoxy) is 1. The number of aryl methyl sites for hydroxylation is 1. The third-order valence-electron chi connectivity index (χ3n) is 2.89. The van der Waals surface area contributed by atoms with Crippen LogP contribution in [0, 0.1) is 6.92 Å². The summed E-state index contributed by atoms with van der Waals surface area (Å²) in [5.74, 6) is 0.714. The van der Waals surface area contributed by atoms with Gasteiger partial charge in [-0.2, -0.15) is 0 Å². The van der Waals surface area contributed by atoms with E-state index in [0.717, 1.165) is 11.3 Å². The van der Waals surface area contributed by atoms with Crippen molar-refractivity contribution in [1.29, 1.82) is 0 Å². The van der Waals surface area contributed by atoms with Gasteiger partial charge in [0.1, 0.15) is 18.5 Å². The predicted molar refractivity (Wildman–Crippen MR) is 82.6 cm³/mol. The minimum absolute atomic E-state index is 0.237. The van der Waals surface area contributed by atoms with E-state index in [0.29, 0.717) is 17.3 Å². The van der Waals surface area contributed by atoms with Crippen LogP contribution < -0.4 is 10.1 Å². The fraction of sp³-hybridized carbons (Fsp3) is 0.250. The molecule has 0 aliphatic rings. The van der Waals surface area contributed by atoms with Crippen LogP contribution >= 0.6 is 11.6 Å². The zero-order chi connectivity index (χ0) is 14.4. The van der Waals surface area contributed by atoms with Crippen LogP contribution in [0.4, 0.5) is 5.69 Å². The fourth-order valence-electron chi connectivity index (χ4n) is 1.75. The molecule has 0 radical (unpaired) electrons. The summed E-state index contributed by atoms with van der Waals surface area (Å²) in [5.41, 5.74) is 1.94. The molecule has 2 aromatic carbocycles. The van der Waals surface area contributed by atoms with E-state index in [1.54, 1.807) is 12.1 Å². The molecule has 0 spiro atoms. The third-order valence-corrected chi connectivity index (χ3v) is 3.31. The maximum absolute atomic E-state index is 9.88. The Morgan fingerprint density at radius 3 is 2.65 bits per heavy atom. The van der Waals surface area contributed by atoms with Crippen LogP contribution in [-0.2, 0) is 0 Å². The zero-order valence-electron chi connectivity index (χ0n) is 11.3. The van der Waals surface area contributed by atoms with Crippen molar-refractivity contribution in [2.75, 3.05) is 18.5 Å². The number of aliphatic hydroxyl groups excluding tert-OH is 1. The monoisotopic (exact) mass is 291 g/mol. The topological polar surface area (TPSA) is 41.5 Å². The maximum atomic E-state index is 9.88. The second kappa shape index (κ2) is 7.17. The molecule has 0 fully saturated rings. The summed E-state index contributed by atoms with van der Waals surface area (Å²) in [4.78, 5) is 0. The number of hydrogen-bond donors (Lipinski definition) is 2. The molecule has 1 unspecified atom stereocenters. The Kier molecular flexibility index (Phi) is 5.27. The number of nitrogens with one attached hydrogen (secondary N) is 1. The Bertz CT molecular complexity index is 545. The maximum Gasteiger partial charge on any atom is 0.119 e. The predicted octanol–water partition coefficient (Wildman–Crippen LogP) is 3.50. The summed E-state index contributed by atoms with van der Waals surface area (Å²) in [5, 5.41) is 13.7. The Hall–Kier alpha value is -1.71. The molecule has 0 saturated heterocycles. The number of anilines is 1. The zero-order valence-corrected chi connectivity index (χ0v) is 12.1. The van der Waals surface area contributed by atoms with Gasteiger partial charge in [-0.05, 0) is 42.8 Å². The van der Waals surface area contributed by atoms with E-state index in [1.807, 2.05) is 43.3 Å². The van der Waals surface area contributed by atoms with Gasteiger partial charge in [-0.15, -0.1) is 0 Å². The van der Waals surface area contributed by atoms with Crippen molar-refractivity contribution >= 4 is 17.3 Å². The molecule has 0 saturated carbocycles. The summed E-state index contributed by atoms with van der Waals surface area (Å²) in [6.07, 6.45) is -0.578. The molecule has 20 heavy (non-hydrogen) atoms. The molecule has 3 nitrogen and oxygen atoms in total. The van der Waals surface area contributed by atoms with Crippen LogP contribution in [0.5, 0.6) is 5.75 Å². The van der Waals surface area contributed by atoms with Gasteiger partial charge >= 0.3 is 0 Å². The molecule has 2 N–H and O–H groups in total. The van der Waals surface area contributed by atoms with Gasteiger partial charge in [0.2, 0.25) is 0 Å². The summed E-state index contributed by atoms with van der Waals surface area (Å²) in [7, 11) is 0. The minimum atomic E-state index is -0.578. The molecular weight excluding hydrogens is 274 g/mol. The molecule has 0 heterocycles. The van der Waals surface area contributed by atoms with Crippen LogP contribution in [-0.4, -0.2) is 24.4 Å². The highest BCUT2D eigenvalue weighted by atomic mass is 35.5. The van der Waals surface area contributed by atoms with Gasteiger partial charge in [0.05, 0.1) is 0 Å². The van der Waals surface area contributed by atoms with Crippen LogP contribution in [0.3, 0.4) is 0 Å². The van der Waals surface area contributed by atoms with E-state index in [2.05, 4.69) is 5.32 Å². The van der Waals surface area contributed by atoms with Gasteiger partial charge in [-0.3, -0.25) is 0 Å². The first-order chi connectivity index (χ1) is 9.65. The van der Waals surface area contributed by atoms with Crippen molar-refractivity contribution in [3.8, 4) is 5.75 Å². The number of para-hydroxylation sites is 1. The van der Waals surface area contributed by atoms with Gasteiger partial charge < -0.3 is 15.2 Å². The van der Waals surface area contributed by atoms with Gasteiger partial charge in [0, 0.05) is 17.3 Å². The van der Waals surface area contributed by atoms with Crippen molar-refractivity contribution in [1.82, 2.24) is 0 Å². The third kappa shape index (κ3) is 4.44. The fourth-order valence-corrected chi connectivity index (χ4v) is 1.87. The lowest BCUT2D eigenvalue weighted by atomic mass is 10.2. The Morgan fingerprint density at radius 1 is 1.20 bits per heavy atom. The number of halogens is 1. The first-order valence-electron chi connectivity index (χ1n) is 6.51. The molecule has 2 aromatic rings. The van der Waals surface area contributed by atoms with E-state index < -0.39 is 6.10 Å². The molecular formula is C16H18ClNO2. The smallest absolute Gasteiger partial charge is 0.119 e. The molecule has 1 atom stereocenters. The van der Waals surface area contributed by atoms with Gasteiger partial charge in [-0.1, -0.05) is 29.8 Å². The second-order valence-corrected chi connectivity index (χ2v) is 5.03. The standard InChI is InChI=1S/C16H18ClNO2/c1-12-9-15(7-8-16(12)17)20-11-14(19)10-18-13-5-3-2-4-6-13/h2-9,14,18-19H,10-11H2,1H3. The number of rotatable bonds is 6. The van der Waals surface area contributed by atoms with Gasteiger partial charge in [0.15, 0.2) is 0 Å². The van der Waals surface area contributed by atoms with Crippen LogP contribution in [0.15, 0.2) is 48.5 Å². The van der Waals surface area contributed by atoms with E-state index in [4.69, 9.17) is 16.3 Å². The Balaban J connectivity index is 1.77. The number of benzene rings is 2. The summed E-state index contributed by atoms with van der Waals surface area (Å²) in [6.45, 7) is 2.60. The van der Waals surface area contributed by atoms with Crippen molar-refractivity contribution in [3.05, 3.63) is 59.1 Å². The first-order valence-corrected chi connectivity index (χ1v) is 6.89. The van der Waals surface area contributed by atoms with E-state index >= 15 is 0 Å². The van der Waals surface area contributed by atoms with Crippen molar-refractivity contribution < 1.29 is 9.84 Å². The molecule has 2 rings (SSSR count). The largest absolute Gasteiger partial charge is 0.491 e. The average Bonchev–Trinajstić information content (AvgIpc) is 2.47. The first kappa shape index (κ1) is 14.7. The van der Waals surface area contributed by atoms with Crippen molar-refractivity contribution in [2.24, 2.45) is 0 Å². The molecule has 0 bridgehead atoms. The molecule has 0 aliphatic carbocycles. The van der Waals surface area contributed by atoms with E-state index in [-0.39, 0.29) is 6.61 Å². The quantitative estimate of drug-likeness (QED) is 0.856. The minimum Gasteiger partial charge on any atom is -0.491 e. The Labute approximate surface area is 124 Å². The summed E-state index contributed by atoms with van der Waals surface area (Å²) in [6, 6.07) is 15.2. The van der Waals surface area contributed by atoms with Gasteiger partial charge in [0.25, 0.3) is 0 Å². The van der Waals surface area contributed by atoms with E-state index in [1.165, 1.54) is 0 Å². The van der Waals surface area contributed by atoms with Crippen LogP contribution in [0.1, 0.15) is 5.56 Å². The molecule has 106 valence electrons. The number of hydrogen-bond acceptors (Lipinski definition) is 3. The highest BCUT2D eigenvalue weighted by Gasteiger charge is 2.06. The second-order valence-electron chi connectivity index (χ2n) is 4.62. The lowest BCUT2D eigenvalue weighted by Gasteiger charge is -2.14. The van der Waals surface area contributed by atoms with Gasteiger partial charge in [-0.25, -0.2) is 0 Å². The van der Waals surface area contributed by atoms with E-state index in [9.17, 15) is 5.11 Å². The highest BCUT2D eigenvalue weighted by molar-refractivity contribution is 6.31. The van der Waals surface area contributed by atoms with Crippen LogP contribution in [0.2, 0.25) is 5.02 Å². The molecule has 4 heteroatoms. The number of aliphatic hydroxyl groups is 1. The summed E-state index contributed by atoms with van der Waals surface area (Å²) < 4.78 is 5.54. The molecule has 0 aromatic heterocycles. The normalized spacial score (nSPS) is 11.9. The lowest BCUT2D eigenvalue weighted by molar-refractivity contribution is 0.117. The highest BCUT2D eigenvalue weighted by Crippen LogP contribution is 2.21. The molecule has 0 amide bonds. The van der Waals surface area contributed by atoms with Crippen molar-refractivity contribution in [2.45, 2.75) is 13.0 Å². The van der Waals surface area contributed by atoms with Crippen molar-refractivity contribution in [3.63, 3.8) is 0 Å². The summed E-state index contributed by atoms with van der Waals surface area (Å²) >= 11 is 5.95.